The first-order chi connectivity index (χ1) is 10.5. The molecule has 0 atom stereocenters. The Balaban J connectivity index is 1.74. The van der Waals surface area contributed by atoms with E-state index in [2.05, 4.69) is 12.6 Å². The zero-order chi connectivity index (χ0) is 16.0. The number of likely N-dealkylation sites (tertiary alicyclic amines) is 1. The minimum absolute atomic E-state index is 0.128. The fourth-order valence-electron chi connectivity index (χ4n) is 3.36. The third-order valence-corrected chi connectivity index (χ3v) is 4.93. The van der Waals surface area contributed by atoms with E-state index in [0.29, 0.717) is 25.4 Å². The third-order valence-electron chi connectivity index (χ3n) is 4.80. The SMILES string of the molecule is CC1(OC(=O)N2CCC(CC(=O)OCS)CC2)CCCCC1. The van der Waals surface area contributed by atoms with Gasteiger partial charge in [0.1, 0.15) is 11.5 Å². The lowest BCUT2D eigenvalue weighted by molar-refractivity contribution is -0.142. The molecule has 0 aromatic carbocycles. The Morgan fingerprint density at radius 1 is 1.18 bits per heavy atom. The first-order valence-corrected chi connectivity index (χ1v) is 8.90. The number of hydrogen-bond acceptors (Lipinski definition) is 5. The molecule has 1 saturated carbocycles. The summed E-state index contributed by atoms with van der Waals surface area (Å²) in [6.07, 6.45) is 7.32. The van der Waals surface area contributed by atoms with Crippen LogP contribution in [0.1, 0.15) is 58.3 Å². The Morgan fingerprint density at radius 3 is 2.41 bits per heavy atom. The van der Waals surface area contributed by atoms with Crippen LogP contribution in [0.15, 0.2) is 0 Å². The molecule has 5 nitrogen and oxygen atoms in total. The quantitative estimate of drug-likeness (QED) is 0.488. The Morgan fingerprint density at radius 2 is 1.82 bits per heavy atom. The molecule has 1 heterocycles. The highest BCUT2D eigenvalue weighted by molar-refractivity contribution is 7.80. The topological polar surface area (TPSA) is 55.8 Å². The molecule has 22 heavy (non-hydrogen) atoms. The van der Waals surface area contributed by atoms with E-state index in [0.717, 1.165) is 38.5 Å². The average molecular weight is 329 g/mol. The van der Waals surface area contributed by atoms with Crippen LogP contribution in [0.3, 0.4) is 0 Å². The molecule has 0 unspecified atom stereocenters. The Hall–Kier alpha value is -0.910. The summed E-state index contributed by atoms with van der Waals surface area (Å²) in [6.45, 7) is 3.37. The van der Waals surface area contributed by atoms with Gasteiger partial charge in [0.25, 0.3) is 0 Å². The monoisotopic (exact) mass is 329 g/mol. The van der Waals surface area contributed by atoms with Crippen molar-refractivity contribution in [2.45, 2.75) is 63.9 Å². The van der Waals surface area contributed by atoms with Crippen molar-refractivity contribution in [2.75, 3.05) is 19.0 Å². The molecule has 0 N–H and O–H groups in total. The number of piperidine rings is 1. The minimum Gasteiger partial charge on any atom is -0.455 e. The fraction of sp³-hybridized carbons (Fsp3) is 0.875. The van der Waals surface area contributed by atoms with Gasteiger partial charge in [0.2, 0.25) is 0 Å². The van der Waals surface area contributed by atoms with Gasteiger partial charge in [0, 0.05) is 19.5 Å². The normalized spacial score (nSPS) is 22.2. The standard InChI is InChI=1S/C16H27NO4S/c1-16(7-3-2-4-8-16)21-15(19)17-9-5-13(6-10-17)11-14(18)20-12-22/h13,22H,2-12H2,1H3. The molecule has 1 saturated heterocycles. The number of ether oxygens (including phenoxy) is 2. The van der Waals surface area contributed by atoms with E-state index in [-0.39, 0.29) is 23.6 Å². The number of hydrogen-bond donors (Lipinski definition) is 1. The van der Waals surface area contributed by atoms with Gasteiger partial charge in [-0.2, -0.15) is 0 Å². The van der Waals surface area contributed by atoms with Crippen LogP contribution in [0.5, 0.6) is 0 Å². The van der Waals surface area contributed by atoms with E-state index in [1.54, 1.807) is 4.90 Å². The molecule has 1 aliphatic carbocycles. The van der Waals surface area contributed by atoms with E-state index in [1.165, 1.54) is 6.42 Å². The number of rotatable bonds is 4. The predicted octanol–water partition coefficient (Wildman–Crippen LogP) is 3.38. The maximum atomic E-state index is 12.3. The van der Waals surface area contributed by atoms with E-state index >= 15 is 0 Å². The maximum absolute atomic E-state index is 12.3. The van der Waals surface area contributed by atoms with Crippen molar-refractivity contribution in [2.24, 2.45) is 5.92 Å². The molecule has 126 valence electrons. The number of esters is 1. The first kappa shape index (κ1) is 17.4. The van der Waals surface area contributed by atoms with E-state index in [1.807, 2.05) is 6.92 Å². The van der Waals surface area contributed by atoms with Crippen LogP contribution in [0.4, 0.5) is 4.79 Å². The minimum atomic E-state index is -0.289. The summed E-state index contributed by atoms with van der Waals surface area (Å²) in [6, 6.07) is 0. The second-order valence-electron chi connectivity index (χ2n) is 6.66. The van der Waals surface area contributed by atoms with Gasteiger partial charge in [-0.3, -0.25) is 4.79 Å². The molecule has 2 rings (SSSR count). The largest absolute Gasteiger partial charge is 0.455 e. The van der Waals surface area contributed by atoms with E-state index in [9.17, 15) is 9.59 Å². The lowest BCUT2D eigenvalue weighted by atomic mass is 9.86. The molecule has 0 spiro atoms. The van der Waals surface area contributed by atoms with Gasteiger partial charge in [-0.1, -0.05) is 6.42 Å². The number of carbonyl (C=O) groups is 2. The number of amides is 1. The van der Waals surface area contributed by atoms with Crippen LogP contribution in [-0.2, 0) is 14.3 Å². The number of nitrogens with zero attached hydrogens (tertiary/aromatic N) is 1. The summed E-state index contributed by atoms with van der Waals surface area (Å²) in [4.78, 5) is 25.5. The summed E-state index contributed by atoms with van der Waals surface area (Å²) in [5.41, 5.74) is -0.289. The second-order valence-corrected chi connectivity index (χ2v) is 6.92. The highest BCUT2D eigenvalue weighted by atomic mass is 32.1. The molecule has 0 aromatic rings. The molecule has 2 fully saturated rings. The summed E-state index contributed by atoms with van der Waals surface area (Å²) in [5.74, 6) is 0.218. The Kier molecular flexibility index (Phi) is 6.41. The van der Waals surface area contributed by atoms with E-state index < -0.39 is 0 Å². The van der Waals surface area contributed by atoms with Crippen LogP contribution < -0.4 is 0 Å². The second kappa shape index (κ2) is 8.09. The van der Waals surface area contributed by atoms with Gasteiger partial charge >= 0.3 is 12.1 Å². The van der Waals surface area contributed by atoms with Crippen LogP contribution in [-0.4, -0.2) is 41.6 Å². The van der Waals surface area contributed by atoms with Crippen molar-refractivity contribution in [3.63, 3.8) is 0 Å². The summed E-state index contributed by atoms with van der Waals surface area (Å²) >= 11 is 3.88. The maximum Gasteiger partial charge on any atom is 0.410 e. The van der Waals surface area contributed by atoms with E-state index in [4.69, 9.17) is 9.47 Å². The summed E-state index contributed by atoms with van der Waals surface area (Å²) < 4.78 is 10.6. The van der Waals surface area contributed by atoms with Crippen LogP contribution in [0, 0.1) is 5.92 Å². The predicted molar refractivity (Wildman–Crippen MR) is 86.8 cm³/mol. The smallest absolute Gasteiger partial charge is 0.410 e. The van der Waals surface area contributed by atoms with Crippen molar-refractivity contribution >= 4 is 24.7 Å². The highest BCUT2D eigenvalue weighted by Crippen LogP contribution is 2.32. The average Bonchev–Trinajstić information content (AvgIpc) is 2.48. The molecule has 6 heteroatoms. The van der Waals surface area contributed by atoms with Crippen molar-refractivity contribution in [1.82, 2.24) is 4.90 Å². The highest BCUT2D eigenvalue weighted by Gasteiger charge is 2.34. The van der Waals surface area contributed by atoms with Crippen molar-refractivity contribution in [3.05, 3.63) is 0 Å². The zero-order valence-corrected chi connectivity index (χ0v) is 14.3. The van der Waals surface area contributed by atoms with Crippen molar-refractivity contribution in [1.29, 1.82) is 0 Å². The Labute approximate surface area is 138 Å². The molecule has 1 amide bonds. The molecule has 0 bridgehead atoms. The molecular weight excluding hydrogens is 302 g/mol. The molecular formula is C16H27NO4S. The van der Waals surface area contributed by atoms with Crippen molar-refractivity contribution in [3.8, 4) is 0 Å². The number of carbonyl (C=O) groups excluding carboxylic acids is 2. The summed E-state index contributed by atoms with van der Waals surface area (Å²) in [5, 5.41) is 0. The number of thiol groups is 1. The van der Waals surface area contributed by atoms with Gasteiger partial charge in [-0.15, -0.1) is 12.6 Å². The van der Waals surface area contributed by atoms with Gasteiger partial charge < -0.3 is 14.4 Å². The zero-order valence-electron chi connectivity index (χ0n) is 13.4. The van der Waals surface area contributed by atoms with Gasteiger partial charge in [-0.05, 0) is 51.4 Å². The van der Waals surface area contributed by atoms with Crippen LogP contribution in [0.25, 0.3) is 0 Å². The molecule has 0 radical (unpaired) electrons. The van der Waals surface area contributed by atoms with Crippen molar-refractivity contribution < 1.29 is 19.1 Å². The van der Waals surface area contributed by atoms with Crippen LogP contribution >= 0.6 is 12.6 Å². The lowest BCUT2D eigenvalue weighted by Gasteiger charge is -2.37. The molecule has 0 aromatic heterocycles. The Bertz CT molecular complexity index is 388. The lowest BCUT2D eigenvalue weighted by Crippen LogP contribution is -2.44. The first-order valence-electron chi connectivity index (χ1n) is 8.27. The van der Waals surface area contributed by atoms with Gasteiger partial charge in [-0.25, -0.2) is 4.79 Å². The fourth-order valence-corrected chi connectivity index (χ4v) is 3.51. The molecule has 2 aliphatic rings. The van der Waals surface area contributed by atoms with Crippen LogP contribution in [0.2, 0.25) is 0 Å². The van der Waals surface area contributed by atoms with Gasteiger partial charge in [0.05, 0.1) is 0 Å². The summed E-state index contributed by atoms with van der Waals surface area (Å²) in [7, 11) is 0. The van der Waals surface area contributed by atoms with Gasteiger partial charge in [0.15, 0.2) is 0 Å². The third kappa shape index (κ3) is 5.07. The molecule has 1 aliphatic heterocycles.